The van der Waals surface area contributed by atoms with Crippen LogP contribution in [0.15, 0.2) is 97.2 Å². The summed E-state index contributed by atoms with van der Waals surface area (Å²) in [4.78, 5) is 35.7. The summed E-state index contributed by atoms with van der Waals surface area (Å²) in [6.07, 6.45) is 38.0. The van der Waals surface area contributed by atoms with Crippen molar-refractivity contribution in [3.8, 4) is 0 Å². The molecule has 0 aromatic carbocycles. The van der Waals surface area contributed by atoms with Gasteiger partial charge in [0.1, 0.15) is 43.2 Å². The number of rotatable bonds is 37. The van der Waals surface area contributed by atoms with Gasteiger partial charge in [0.15, 0.2) is 6.10 Å². The maximum atomic E-state index is 12.8. The van der Waals surface area contributed by atoms with Gasteiger partial charge in [0, 0.05) is 12.8 Å². The average molecular weight is 949 g/mol. The molecule has 2 aliphatic rings. The molecule has 374 valence electrons. The van der Waals surface area contributed by atoms with Crippen LogP contribution in [-0.4, -0.2) is 111 Å². The topological polar surface area (TPSA) is 222 Å². The van der Waals surface area contributed by atoms with Gasteiger partial charge in [0.2, 0.25) is 0 Å². The fourth-order valence-electron chi connectivity index (χ4n) is 6.84. The molecule has 1 heterocycles. The van der Waals surface area contributed by atoms with Gasteiger partial charge in [0.25, 0.3) is 0 Å². The predicted octanol–water partition coefficient (Wildman–Crippen LogP) is 8.82. The molecule has 0 amide bonds. The molecule has 6 N–H and O–H groups in total. The fraction of sp³-hybridized carbons (Fsp3) is 0.647. The maximum Gasteiger partial charge on any atom is 0.472 e. The lowest BCUT2D eigenvalue weighted by Gasteiger charge is -2.41. The van der Waals surface area contributed by atoms with Crippen LogP contribution < -0.4 is 0 Å². The fourth-order valence-corrected chi connectivity index (χ4v) is 7.81. The van der Waals surface area contributed by atoms with Gasteiger partial charge in [-0.15, -0.1) is 0 Å². The number of carbonyl (C=O) groups is 2. The molecule has 14 nitrogen and oxygen atoms in total. The second-order valence-corrected chi connectivity index (χ2v) is 18.0. The van der Waals surface area contributed by atoms with Gasteiger partial charge in [-0.25, -0.2) is 4.57 Å². The summed E-state index contributed by atoms with van der Waals surface area (Å²) >= 11 is 0. The second kappa shape index (κ2) is 36.7. The highest BCUT2D eigenvalue weighted by atomic mass is 31.2. The maximum absolute atomic E-state index is 12.8. The van der Waals surface area contributed by atoms with E-state index in [9.17, 15) is 44.6 Å². The number of esters is 2. The molecule has 1 saturated heterocycles. The number of hydrogen-bond donors (Lipinski definition) is 6. The Morgan fingerprint density at radius 1 is 0.545 bits per heavy atom. The van der Waals surface area contributed by atoms with Crippen molar-refractivity contribution < 1.29 is 67.8 Å². The summed E-state index contributed by atoms with van der Waals surface area (Å²) in [5, 5.41) is 50.2. The quantitative estimate of drug-likeness (QED) is 0.0113. The average Bonchev–Trinajstić information content (AvgIpc) is 4.06. The third-order valence-corrected chi connectivity index (χ3v) is 11.8. The van der Waals surface area contributed by atoms with Gasteiger partial charge in [0.05, 0.1) is 18.8 Å². The molecule has 66 heavy (non-hydrogen) atoms. The molecule has 0 spiro atoms. The molecule has 1 saturated carbocycles. The lowest BCUT2D eigenvalue weighted by molar-refractivity contribution is -0.220. The third-order valence-electron chi connectivity index (χ3n) is 10.8. The van der Waals surface area contributed by atoms with Crippen LogP contribution in [0.2, 0.25) is 0 Å². The third kappa shape index (κ3) is 28.2. The smallest absolute Gasteiger partial charge is 0.462 e. The van der Waals surface area contributed by atoms with E-state index >= 15 is 0 Å². The van der Waals surface area contributed by atoms with Crippen molar-refractivity contribution in [2.75, 3.05) is 13.2 Å². The van der Waals surface area contributed by atoms with E-state index in [1.165, 1.54) is 38.5 Å². The van der Waals surface area contributed by atoms with E-state index in [0.717, 1.165) is 51.4 Å². The number of ether oxygens (including phenoxy) is 3. The number of unbranched alkanes of at least 4 members (excludes halogenated alkanes) is 7. The van der Waals surface area contributed by atoms with Crippen LogP contribution in [0.4, 0.5) is 0 Å². The van der Waals surface area contributed by atoms with Gasteiger partial charge in [-0.3, -0.25) is 18.6 Å². The number of epoxide rings is 1. The molecule has 0 aromatic heterocycles. The van der Waals surface area contributed by atoms with Gasteiger partial charge >= 0.3 is 19.8 Å². The lowest BCUT2D eigenvalue weighted by atomic mass is 9.85. The number of allylic oxidation sites excluding steroid dienone is 14. The first-order valence-corrected chi connectivity index (χ1v) is 25.7. The van der Waals surface area contributed by atoms with Crippen LogP contribution in [-0.2, 0) is 37.4 Å². The van der Waals surface area contributed by atoms with Gasteiger partial charge < -0.3 is 44.6 Å². The summed E-state index contributed by atoms with van der Waals surface area (Å²) in [6, 6.07) is 0. The summed E-state index contributed by atoms with van der Waals surface area (Å²) in [7, 11) is -5.16. The minimum absolute atomic E-state index is 0.0479. The number of aliphatic hydroxyl groups is 5. The molecule has 10 atom stereocenters. The van der Waals surface area contributed by atoms with E-state index < -0.39 is 75.7 Å². The van der Waals surface area contributed by atoms with Gasteiger partial charge in [-0.1, -0.05) is 143 Å². The molecule has 2 rings (SSSR count). The van der Waals surface area contributed by atoms with Crippen molar-refractivity contribution in [2.24, 2.45) is 0 Å². The van der Waals surface area contributed by atoms with Gasteiger partial charge in [-0.2, -0.15) is 0 Å². The minimum Gasteiger partial charge on any atom is -0.462 e. The lowest BCUT2D eigenvalue weighted by Crippen LogP contribution is -2.64. The van der Waals surface area contributed by atoms with Crippen LogP contribution >= 0.6 is 7.82 Å². The summed E-state index contributed by atoms with van der Waals surface area (Å²) in [5.41, 5.74) is 0. The zero-order valence-corrected chi connectivity index (χ0v) is 40.3. The highest BCUT2D eigenvalue weighted by Crippen LogP contribution is 2.47. The minimum atomic E-state index is -5.16. The Hall–Kier alpha value is -3.27. The second-order valence-electron chi connectivity index (χ2n) is 16.6. The highest BCUT2D eigenvalue weighted by Gasteiger charge is 2.51. The molecule has 2 fully saturated rings. The van der Waals surface area contributed by atoms with Crippen LogP contribution in [0.1, 0.15) is 142 Å². The van der Waals surface area contributed by atoms with E-state index in [4.69, 9.17) is 23.3 Å². The largest absolute Gasteiger partial charge is 0.472 e. The zero-order chi connectivity index (χ0) is 48.3. The van der Waals surface area contributed by atoms with E-state index in [2.05, 4.69) is 80.7 Å². The first kappa shape index (κ1) is 58.9. The molecule has 1 aliphatic carbocycles. The van der Waals surface area contributed by atoms with Crippen LogP contribution in [0.5, 0.6) is 0 Å². The molecule has 0 radical (unpaired) electrons. The van der Waals surface area contributed by atoms with Crippen molar-refractivity contribution in [2.45, 2.75) is 197 Å². The summed E-state index contributed by atoms with van der Waals surface area (Å²) in [6.45, 7) is 3.06. The molecule has 15 heteroatoms. The number of carbonyl (C=O) groups excluding carboxylic acids is 2. The Morgan fingerprint density at radius 3 is 1.58 bits per heavy atom. The number of phosphoric ester groups is 1. The Morgan fingerprint density at radius 2 is 1.02 bits per heavy atom. The molecular formula is C51H81O14P. The Kier molecular flexibility index (Phi) is 32.8. The standard InChI is InChI=1S/C51H81O14P/c1-3-5-7-8-9-10-11-12-13-14-15-16-20-23-26-29-33-37-44(52)61-39-41(40-62-66(59,60)65-51-49(57)47(55)46(54)48(56)50(51)58)63-45(53)38-34-30-27-24-21-18-17-19-22-25-28-32-36-43-42(64-43)35-31-6-4-2/h6,12-13,15-16,18-19,21-23,26-28,30-32,41-43,46-51,54-58H,3-5,7-11,14,17,20,24-25,29,33-40H2,1-2H3,(H,59,60)/b13-12-,16-15-,21-18-,22-19-,26-23-,30-27-,31-6-,32-28-/t41-,42?,43?,46?,47-,48+,49-,50-,51?/m1/s1. The monoisotopic (exact) mass is 949 g/mol. The molecule has 1 aliphatic heterocycles. The highest BCUT2D eigenvalue weighted by molar-refractivity contribution is 7.47. The predicted molar refractivity (Wildman–Crippen MR) is 257 cm³/mol. The van der Waals surface area contributed by atoms with E-state index in [1.54, 1.807) is 0 Å². The van der Waals surface area contributed by atoms with E-state index in [1.807, 2.05) is 30.4 Å². The first-order chi connectivity index (χ1) is 31.9. The van der Waals surface area contributed by atoms with Crippen molar-refractivity contribution in [1.82, 2.24) is 0 Å². The van der Waals surface area contributed by atoms with Gasteiger partial charge in [-0.05, 0) is 83.5 Å². The first-order valence-electron chi connectivity index (χ1n) is 24.2. The van der Waals surface area contributed by atoms with E-state index in [0.29, 0.717) is 37.9 Å². The van der Waals surface area contributed by atoms with Crippen molar-refractivity contribution in [3.05, 3.63) is 97.2 Å². The molecular weight excluding hydrogens is 868 g/mol. The van der Waals surface area contributed by atoms with Crippen molar-refractivity contribution in [1.29, 1.82) is 0 Å². The summed E-state index contributed by atoms with van der Waals surface area (Å²) < 4.78 is 39.1. The van der Waals surface area contributed by atoms with Crippen molar-refractivity contribution in [3.63, 3.8) is 0 Å². The molecule has 0 aromatic rings. The van der Waals surface area contributed by atoms with Crippen LogP contribution in [0, 0.1) is 0 Å². The normalized spacial score (nSPS) is 25.2. The number of aliphatic hydroxyl groups excluding tert-OH is 5. The number of phosphoric acid groups is 1. The summed E-state index contributed by atoms with van der Waals surface area (Å²) in [5.74, 6) is -1.27. The number of hydrogen-bond acceptors (Lipinski definition) is 13. The van der Waals surface area contributed by atoms with E-state index in [-0.39, 0.29) is 12.8 Å². The Balaban J connectivity index is 1.75. The molecule has 5 unspecified atom stereocenters. The Bertz CT molecular complexity index is 1590. The zero-order valence-electron chi connectivity index (χ0n) is 39.4. The molecule has 0 bridgehead atoms. The Labute approximate surface area is 394 Å². The van der Waals surface area contributed by atoms with Crippen LogP contribution in [0.25, 0.3) is 0 Å². The van der Waals surface area contributed by atoms with Crippen LogP contribution in [0.3, 0.4) is 0 Å². The van der Waals surface area contributed by atoms with Crippen molar-refractivity contribution >= 4 is 19.8 Å². The SMILES string of the molecule is CC/C=C\CC1OC1C/C=C\C/C=C\C/C=C\C/C=C\CCC(=O)O[C@H](COC(=O)CCC/C=C\C/C=C\C/C=C\CCCCCCCC)COP(=O)(O)OC1[C@H](O)[C@H](O)C(O)[C@H](O)[C@H]1O.